The number of fused-ring (bicyclic) bond motifs is 2. The molecule has 5 rings (SSSR count). The van der Waals surface area contributed by atoms with E-state index in [1.165, 1.54) is 10.9 Å². The van der Waals surface area contributed by atoms with Gasteiger partial charge in [-0.05, 0) is 64.9 Å². The maximum Gasteiger partial charge on any atom is 0.119 e. The third-order valence-electron chi connectivity index (χ3n) is 6.04. The van der Waals surface area contributed by atoms with E-state index in [0.717, 1.165) is 33.7 Å². The molecule has 0 N–H and O–H groups in total. The topological polar surface area (TPSA) is 36.3 Å². The summed E-state index contributed by atoms with van der Waals surface area (Å²) in [6.45, 7) is 3.45. The molecule has 0 fully saturated rings. The van der Waals surface area contributed by atoms with Crippen molar-refractivity contribution >= 4 is 33.4 Å². The van der Waals surface area contributed by atoms with Crippen molar-refractivity contribution in [3.63, 3.8) is 0 Å². The minimum absolute atomic E-state index is 0.124. The highest BCUT2D eigenvalue weighted by atomic mass is 35.5. The maximum atomic E-state index is 5.98. The SMILES string of the molecule is COc1ccc2cc(C(C)c3nc4ccccc4n3CCOc3ccc(Cl)cc3)ccc2c1. The average Bonchev–Trinajstić information content (AvgIpc) is 3.22. The number of rotatable bonds is 7. The van der Waals surface area contributed by atoms with E-state index < -0.39 is 0 Å². The van der Waals surface area contributed by atoms with Gasteiger partial charge in [-0.25, -0.2) is 4.98 Å². The van der Waals surface area contributed by atoms with Crippen LogP contribution in [0, 0.1) is 0 Å². The van der Waals surface area contributed by atoms with Crippen LogP contribution in [0.3, 0.4) is 0 Å². The molecule has 5 heteroatoms. The molecule has 1 heterocycles. The minimum Gasteiger partial charge on any atom is -0.497 e. The second-order valence-electron chi connectivity index (χ2n) is 8.11. The van der Waals surface area contributed by atoms with Crippen LogP contribution in [0.5, 0.6) is 11.5 Å². The van der Waals surface area contributed by atoms with Crippen molar-refractivity contribution in [3.05, 3.63) is 101 Å². The molecule has 1 unspecified atom stereocenters. The lowest BCUT2D eigenvalue weighted by Gasteiger charge is -2.16. The van der Waals surface area contributed by atoms with Gasteiger partial charge in [0, 0.05) is 10.9 Å². The largest absolute Gasteiger partial charge is 0.497 e. The Morgan fingerprint density at radius 1 is 0.879 bits per heavy atom. The lowest BCUT2D eigenvalue weighted by atomic mass is 9.97. The summed E-state index contributed by atoms with van der Waals surface area (Å²) in [5.41, 5.74) is 3.34. The average molecular weight is 457 g/mol. The molecule has 0 aliphatic rings. The molecule has 0 aliphatic heterocycles. The number of hydrogen-bond acceptors (Lipinski definition) is 3. The van der Waals surface area contributed by atoms with Crippen molar-refractivity contribution in [2.45, 2.75) is 19.4 Å². The van der Waals surface area contributed by atoms with Crippen LogP contribution in [-0.4, -0.2) is 23.3 Å². The fourth-order valence-corrected chi connectivity index (χ4v) is 4.36. The number of methoxy groups -OCH3 is 1. The number of para-hydroxylation sites is 2. The van der Waals surface area contributed by atoms with Crippen LogP contribution < -0.4 is 9.47 Å². The van der Waals surface area contributed by atoms with Gasteiger partial charge < -0.3 is 14.0 Å². The van der Waals surface area contributed by atoms with Gasteiger partial charge in [0.25, 0.3) is 0 Å². The van der Waals surface area contributed by atoms with Gasteiger partial charge in [0.1, 0.15) is 23.9 Å². The van der Waals surface area contributed by atoms with E-state index in [4.69, 9.17) is 26.1 Å². The van der Waals surface area contributed by atoms with Crippen molar-refractivity contribution in [3.8, 4) is 11.5 Å². The zero-order chi connectivity index (χ0) is 22.8. The summed E-state index contributed by atoms with van der Waals surface area (Å²) in [5.74, 6) is 2.83. The minimum atomic E-state index is 0.124. The van der Waals surface area contributed by atoms with E-state index in [2.05, 4.69) is 60.0 Å². The van der Waals surface area contributed by atoms with E-state index in [0.29, 0.717) is 18.2 Å². The lowest BCUT2D eigenvalue weighted by Crippen LogP contribution is -2.13. The van der Waals surface area contributed by atoms with E-state index >= 15 is 0 Å². The van der Waals surface area contributed by atoms with E-state index in [9.17, 15) is 0 Å². The van der Waals surface area contributed by atoms with Crippen molar-refractivity contribution in [1.82, 2.24) is 9.55 Å². The number of nitrogens with zero attached hydrogens (tertiary/aromatic N) is 2. The molecular formula is C28H25ClN2O2. The molecule has 4 aromatic carbocycles. The molecule has 0 aliphatic carbocycles. The maximum absolute atomic E-state index is 5.98. The predicted molar refractivity (Wildman–Crippen MR) is 135 cm³/mol. The summed E-state index contributed by atoms with van der Waals surface area (Å²) in [4.78, 5) is 5.00. The van der Waals surface area contributed by atoms with Crippen LogP contribution in [0.1, 0.15) is 24.2 Å². The first-order valence-corrected chi connectivity index (χ1v) is 11.4. The Balaban J connectivity index is 1.45. The molecule has 166 valence electrons. The lowest BCUT2D eigenvalue weighted by molar-refractivity contribution is 0.298. The fraction of sp³-hybridized carbons (Fsp3) is 0.179. The summed E-state index contributed by atoms with van der Waals surface area (Å²) in [7, 11) is 1.69. The Bertz CT molecular complexity index is 1410. The van der Waals surface area contributed by atoms with Crippen molar-refractivity contribution in [2.75, 3.05) is 13.7 Å². The van der Waals surface area contributed by atoms with Gasteiger partial charge in [-0.3, -0.25) is 0 Å². The first-order chi connectivity index (χ1) is 16.1. The second-order valence-corrected chi connectivity index (χ2v) is 8.54. The number of ether oxygens (including phenoxy) is 2. The van der Waals surface area contributed by atoms with Gasteiger partial charge >= 0.3 is 0 Å². The van der Waals surface area contributed by atoms with Gasteiger partial charge in [-0.15, -0.1) is 0 Å². The first kappa shape index (κ1) is 21.4. The molecule has 0 bridgehead atoms. The van der Waals surface area contributed by atoms with E-state index in [-0.39, 0.29) is 5.92 Å². The van der Waals surface area contributed by atoms with E-state index in [1.807, 2.05) is 36.4 Å². The standard InChI is InChI=1S/C28H25ClN2O2/c1-19(20-7-8-22-18-25(32-2)12-9-21(22)17-20)28-30-26-5-3-4-6-27(26)31(28)15-16-33-24-13-10-23(29)11-14-24/h3-14,17-19H,15-16H2,1-2H3. The van der Waals surface area contributed by atoms with Crippen LogP contribution >= 0.6 is 11.6 Å². The summed E-state index contributed by atoms with van der Waals surface area (Å²) in [6, 6.07) is 28.5. The molecule has 1 atom stereocenters. The van der Waals surface area contributed by atoms with Crippen molar-refractivity contribution in [1.29, 1.82) is 0 Å². The third-order valence-corrected chi connectivity index (χ3v) is 6.29. The van der Waals surface area contributed by atoms with Gasteiger partial charge in [-0.1, -0.05) is 54.9 Å². The zero-order valence-electron chi connectivity index (χ0n) is 18.7. The van der Waals surface area contributed by atoms with Gasteiger partial charge in [-0.2, -0.15) is 0 Å². The predicted octanol–water partition coefficient (Wildman–Crippen LogP) is 7.08. The molecule has 0 saturated carbocycles. The quantitative estimate of drug-likeness (QED) is 0.262. The molecule has 5 aromatic rings. The molecule has 0 spiro atoms. The van der Waals surface area contributed by atoms with Crippen LogP contribution in [0.4, 0.5) is 0 Å². The van der Waals surface area contributed by atoms with Crippen molar-refractivity contribution in [2.24, 2.45) is 0 Å². The first-order valence-electron chi connectivity index (χ1n) is 11.0. The van der Waals surface area contributed by atoms with Gasteiger partial charge in [0.2, 0.25) is 0 Å². The summed E-state index contributed by atoms with van der Waals surface area (Å²) in [6.07, 6.45) is 0. The highest BCUT2D eigenvalue weighted by Crippen LogP contribution is 2.30. The molecule has 0 saturated heterocycles. The van der Waals surface area contributed by atoms with Gasteiger partial charge in [0.05, 0.1) is 24.7 Å². The van der Waals surface area contributed by atoms with Crippen LogP contribution in [0.15, 0.2) is 84.9 Å². The summed E-state index contributed by atoms with van der Waals surface area (Å²) < 4.78 is 13.6. The number of imidazole rings is 1. The normalized spacial score (nSPS) is 12.2. The molecule has 1 aromatic heterocycles. The third kappa shape index (κ3) is 4.39. The van der Waals surface area contributed by atoms with Crippen LogP contribution in [-0.2, 0) is 6.54 Å². The molecular weight excluding hydrogens is 432 g/mol. The molecule has 0 amide bonds. The van der Waals surface area contributed by atoms with Gasteiger partial charge in [0.15, 0.2) is 0 Å². The smallest absolute Gasteiger partial charge is 0.119 e. The molecule has 33 heavy (non-hydrogen) atoms. The molecule has 4 nitrogen and oxygen atoms in total. The number of hydrogen-bond donors (Lipinski definition) is 0. The van der Waals surface area contributed by atoms with E-state index in [1.54, 1.807) is 7.11 Å². The Kier molecular flexibility index (Phi) is 5.93. The summed E-state index contributed by atoms with van der Waals surface area (Å²) >= 11 is 5.98. The Labute approximate surface area is 198 Å². The highest BCUT2D eigenvalue weighted by Gasteiger charge is 2.18. The monoisotopic (exact) mass is 456 g/mol. The Morgan fingerprint density at radius 3 is 2.42 bits per heavy atom. The van der Waals surface area contributed by atoms with Crippen molar-refractivity contribution < 1.29 is 9.47 Å². The Morgan fingerprint density at radius 2 is 1.61 bits per heavy atom. The number of benzene rings is 4. The molecule has 0 radical (unpaired) electrons. The Hall–Kier alpha value is -3.50. The fourth-order valence-electron chi connectivity index (χ4n) is 4.23. The van der Waals surface area contributed by atoms with Crippen LogP contribution in [0.25, 0.3) is 21.8 Å². The van der Waals surface area contributed by atoms with Crippen LogP contribution in [0.2, 0.25) is 5.02 Å². The summed E-state index contributed by atoms with van der Waals surface area (Å²) in [5, 5.41) is 3.05. The number of aromatic nitrogens is 2. The zero-order valence-corrected chi connectivity index (χ0v) is 19.4. The second kappa shape index (κ2) is 9.16. The number of halogens is 1. The highest BCUT2D eigenvalue weighted by molar-refractivity contribution is 6.30.